The summed E-state index contributed by atoms with van der Waals surface area (Å²) in [4.78, 5) is 21.7. The third-order valence-electron chi connectivity index (χ3n) is 2.00. The zero-order chi connectivity index (χ0) is 16.0. The number of benzene rings is 1. The number of ether oxygens (including phenoxy) is 1. The molecule has 1 rings (SSSR count). The Kier molecular flexibility index (Phi) is 13.9. The fourth-order valence-electron chi connectivity index (χ4n) is 1.12. The summed E-state index contributed by atoms with van der Waals surface area (Å²) >= 11 is 0. The first-order valence-electron chi connectivity index (χ1n) is 7.14. The van der Waals surface area contributed by atoms with Crippen LogP contribution < -0.4 is 5.32 Å². The van der Waals surface area contributed by atoms with Crippen molar-refractivity contribution in [2.45, 2.75) is 54.6 Å². The van der Waals surface area contributed by atoms with Crippen LogP contribution in [0.15, 0.2) is 24.3 Å². The number of hydrogen-bond acceptors (Lipinski definition) is 3. The van der Waals surface area contributed by atoms with E-state index in [-0.39, 0.29) is 19.9 Å². The van der Waals surface area contributed by atoms with Gasteiger partial charge in [-0.05, 0) is 17.7 Å². The number of amides is 1. The van der Waals surface area contributed by atoms with Gasteiger partial charge in [-0.15, -0.1) is 0 Å². The number of rotatable bonds is 4. The van der Waals surface area contributed by atoms with E-state index in [9.17, 15) is 9.59 Å². The molecule has 0 saturated carbocycles. The average molecular weight is 283 g/mol. The highest BCUT2D eigenvalue weighted by molar-refractivity contribution is 5.90. The molecule has 116 valence electrons. The third-order valence-corrected chi connectivity index (χ3v) is 2.00. The van der Waals surface area contributed by atoms with Gasteiger partial charge in [0.05, 0.1) is 0 Å². The predicted octanol–water partition coefficient (Wildman–Crippen LogP) is 4.40. The summed E-state index contributed by atoms with van der Waals surface area (Å²) in [5, 5.41) is 2.74. The molecule has 0 aliphatic heterocycles. The number of carbonyl (C=O) groups is 2. The third kappa shape index (κ3) is 10.1. The number of anilines is 1. The molecule has 1 aromatic carbocycles. The Morgan fingerprint density at radius 1 is 1.10 bits per heavy atom. The van der Waals surface area contributed by atoms with Crippen molar-refractivity contribution in [3.05, 3.63) is 29.8 Å². The van der Waals surface area contributed by atoms with Crippen molar-refractivity contribution in [3.63, 3.8) is 0 Å². The maximum absolute atomic E-state index is 11.1. The minimum Gasteiger partial charge on any atom is -0.461 e. The van der Waals surface area contributed by atoms with Crippen molar-refractivity contribution in [2.24, 2.45) is 0 Å². The average Bonchev–Trinajstić information content (AvgIpc) is 2.50. The zero-order valence-corrected chi connectivity index (χ0v) is 13.4. The second-order valence-electron chi connectivity index (χ2n) is 3.38. The van der Waals surface area contributed by atoms with Gasteiger partial charge in [0.15, 0.2) is 0 Å². The smallest absolute Gasteiger partial charge is 0.302 e. The van der Waals surface area contributed by atoms with Gasteiger partial charge in [-0.3, -0.25) is 9.59 Å². The van der Waals surface area contributed by atoms with E-state index in [0.717, 1.165) is 11.3 Å². The molecule has 0 radical (unpaired) electrons. The van der Waals surface area contributed by atoms with E-state index >= 15 is 0 Å². The van der Waals surface area contributed by atoms with Crippen LogP contribution in [-0.4, -0.2) is 11.9 Å². The van der Waals surface area contributed by atoms with Gasteiger partial charge in [0.2, 0.25) is 5.91 Å². The van der Waals surface area contributed by atoms with Gasteiger partial charge >= 0.3 is 5.97 Å². The molecule has 0 aliphatic carbocycles. The molecule has 0 heterocycles. The van der Waals surface area contributed by atoms with Crippen molar-refractivity contribution < 1.29 is 15.8 Å². The van der Waals surface area contributed by atoms with Crippen molar-refractivity contribution in [1.29, 1.82) is 0 Å². The van der Waals surface area contributed by atoms with Crippen LogP contribution in [0.5, 0.6) is 0 Å². The number of esters is 1. The fourth-order valence-corrected chi connectivity index (χ4v) is 1.12. The van der Waals surface area contributed by atoms with Gasteiger partial charge in [0, 0.05) is 20.5 Å². The van der Waals surface area contributed by atoms with Gasteiger partial charge < -0.3 is 10.1 Å². The van der Waals surface area contributed by atoms with E-state index in [4.69, 9.17) is 4.74 Å². The lowest BCUT2D eigenvalue weighted by Gasteiger charge is -2.05. The Labute approximate surface area is 124 Å². The lowest BCUT2D eigenvalue weighted by Crippen LogP contribution is -2.09. The molecule has 1 amide bonds. The van der Waals surface area contributed by atoms with Crippen molar-refractivity contribution >= 4 is 17.6 Å². The molecule has 0 unspecified atom stereocenters. The first-order valence-corrected chi connectivity index (χ1v) is 7.14. The second kappa shape index (κ2) is 13.6. The molecule has 1 aromatic rings. The van der Waals surface area contributed by atoms with Crippen LogP contribution in [0.1, 0.15) is 55.0 Å². The Hall–Kier alpha value is -1.84. The summed E-state index contributed by atoms with van der Waals surface area (Å²) in [5.41, 5.74) is 1.64. The highest BCUT2D eigenvalue weighted by atomic mass is 16.5. The molecule has 0 saturated heterocycles. The standard InChI is InChI=1S/C12H15NO3.2C2H6.H2/c1-3-12(15)13-11-6-4-10(5-7-11)8-16-9(2)14;2*1-2;/h4-7H,3,8H2,1-2H3,(H,13,15);2*1-2H3;1H. The van der Waals surface area contributed by atoms with E-state index in [1.54, 1.807) is 19.1 Å². The van der Waals surface area contributed by atoms with Crippen molar-refractivity contribution in [2.75, 3.05) is 5.32 Å². The maximum atomic E-state index is 11.1. The molecule has 0 atom stereocenters. The van der Waals surface area contributed by atoms with Crippen molar-refractivity contribution in [1.82, 2.24) is 0 Å². The largest absolute Gasteiger partial charge is 0.461 e. The molecular weight excluding hydrogens is 254 g/mol. The van der Waals surface area contributed by atoms with E-state index in [1.807, 2.05) is 39.8 Å². The number of nitrogens with one attached hydrogen (secondary N) is 1. The second-order valence-corrected chi connectivity index (χ2v) is 3.38. The monoisotopic (exact) mass is 283 g/mol. The van der Waals surface area contributed by atoms with E-state index < -0.39 is 0 Å². The summed E-state index contributed by atoms with van der Waals surface area (Å²) < 4.78 is 4.84. The van der Waals surface area contributed by atoms with Crippen LogP contribution in [0.4, 0.5) is 5.69 Å². The van der Waals surface area contributed by atoms with Crippen molar-refractivity contribution in [3.8, 4) is 0 Å². The molecular formula is C16H29NO3. The summed E-state index contributed by atoms with van der Waals surface area (Å²) in [6.07, 6.45) is 0.454. The summed E-state index contributed by atoms with van der Waals surface area (Å²) in [7, 11) is 0. The molecule has 1 N–H and O–H groups in total. The lowest BCUT2D eigenvalue weighted by molar-refractivity contribution is -0.142. The first-order chi connectivity index (χ1) is 9.61. The van der Waals surface area contributed by atoms with Crippen LogP contribution in [0.3, 0.4) is 0 Å². The quantitative estimate of drug-likeness (QED) is 0.833. The highest BCUT2D eigenvalue weighted by Crippen LogP contribution is 2.10. The fraction of sp³-hybridized carbons (Fsp3) is 0.500. The Balaban J connectivity index is -0.000000595. The minimum atomic E-state index is -0.302. The molecule has 0 aromatic heterocycles. The van der Waals surface area contributed by atoms with Crippen LogP contribution >= 0.6 is 0 Å². The molecule has 20 heavy (non-hydrogen) atoms. The number of hydrogen-bond donors (Lipinski definition) is 1. The Bertz CT molecular complexity index is 378. The normalized spacial score (nSPS) is 8.30. The van der Waals surface area contributed by atoms with E-state index in [0.29, 0.717) is 6.42 Å². The molecule has 0 aliphatic rings. The van der Waals surface area contributed by atoms with Crippen LogP contribution in [0.2, 0.25) is 0 Å². The molecule has 0 spiro atoms. The molecule has 4 nitrogen and oxygen atoms in total. The Morgan fingerprint density at radius 3 is 2.00 bits per heavy atom. The van der Waals surface area contributed by atoms with Gasteiger partial charge in [0.25, 0.3) is 0 Å². The SMILES string of the molecule is CC.CC.CCC(=O)Nc1ccc(COC(C)=O)cc1.[HH]. The summed E-state index contributed by atoms with van der Waals surface area (Å²) in [6.45, 7) is 11.4. The zero-order valence-electron chi connectivity index (χ0n) is 13.4. The molecule has 0 fully saturated rings. The Morgan fingerprint density at radius 2 is 1.60 bits per heavy atom. The molecule has 0 bridgehead atoms. The van der Waals surface area contributed by atoms with Crippen LogP contribution in [0.25, 0.3) is 0 Å². The summed E-state index contributed by atoms with van der Waals surface area (Å²) in [5.74, 6) is -0.323. The first kappa shape index (κ1) is 20.5. The minimum absolute atomic E-state index is 0. The number of carbonyl (C=O) groups excluding carboxylic acids is 2. The summed E-state index contributed by atoms with van der Waals surface area (Å²) in [6, 6.07) is 7.20. The van der Waals surface area contributed by atoms with Crippen LogP contribution in [-0.2, 0) is 20.9 Å². The van der Waals surface area contributed by atoms with E-state index in [2.05, 4.69) is 5.32 Å². The van der Waals surface area contributed by atoms with Gasteiger partial charge in [-0.25, -0.2) is 0 Å². The lowest BCUT2D eigenvalue weighted by atomic mass is 10.2. The van der Waals surface area contributed by atoms with Gasteiger partial charge in [0.1, 0.15) is 6.61 Å². The van der Waals surface area contributed by atoms with Crippen LogP contribution in [0, 0.1) is 0 Å². The van der Waals surface area contributed by atoms with E-state index in [1.165, 1.54) is 6.92 Å². The topological polar surface area (TPSA) is 55.4 Å². The highest BCUT2D eigenvalue weighted by Gasteiger charge is 2.00. The molecule has 4 heteroatoms. The van der Waals surface area contributed by atoms with Gasteiger partial charge in [-0.2, -0.15) is 0 Å². The van der Waals surface area contributed by atoms with Gasteiger partial charge in [-0.1, -0.05) is 46.8 Å². The predicted molar refractivity (Wildman–Crippen MR) is 85.6 cm³/mol. The maximum Gasteiger partial charge on any atom is 0.302 e.